The molecule has 2 bridgehead atoms. The topological polar surface area (TPSA) is 71.1 Å². The highest BCUT2D eigenvalue weighted by Crippen LogP contribution is 2.64. The van der Waals surface area contributed by atoms with Crippen LogP contribution in [0.5, 0.6) is 0 Å². The Hall–Kier alpha value is -3.22. The molecule has 6 rings (SSSR count). The number of ether oxygens (including phenoxy) is 4. The van der Waals surface area contributed by atoms with Gasteiger partial charge in [0.15, 0.2) is 12.4 Å². The summed E-state index contributed by atoms with van der Waals surface area (Å²) >= 11 is 0. The van der Waals surface area contributed by atoms with Gasteiger partial charge in [0, 0.05) is 30.5 Å². The van der Waals surface area contributed by atoms with Crippen LogP contribution in [0.15, 0.2) is 54.6 Å². The van der Waals surface area contributed by atoms with Gasteiger partial charge in [0.25, 0.3) is 0 Å². The van der Waals surface area contributed by atoms with Crippen molar-refractivity contribution in [3.8, 4) is 11.1 Å². The zero-order valence-corrected chi connectivity index (χ0v) is 16.4. The molecule has 1 aliphatic carbocycles. The fourth-order valence-electron chi connectivity index (χ4n) is 5.12. The summed E-state index contributed by atoms with van der Waals surface area (Å²) in [5.41, 5.74) is 3.11. The van der Waals surface area contributed by atoms with Crippen LogP contribution in [0.2, 0.25) is 0 Å². The van der Waals surface area contributed by atoms with E-state index >= 15 is 0 Å². The Kier molecular flexibility index (Phi) is 3.47. The first-order valence-corrected chi connectivity index (χ1v) is 9.84. The lowest BCUT2D eigenvalue weighted by Crippen LogP contribution is -2.49. The average Bonchev–Trinajstić information content (AvgIpc) is 3.03. The molecular weight excluding hydrogens is 384 g/mol. The molecule has 0 aromatic heterocycles. The van der Waals surface area contributed by atoms with Gasteiger partial charge in [0.05, 0.1) is 0 Å². The Labute approximate surface area is 172 Å². The summed E-state index contributed by atoms with van der Waals surface area (Å²) in [6.45, 7) is 2.69. The number of hydrogen-bond donors (Lipinski definition) is 0. The lowest BCUT2D eigenvalue weighted by Gasteiger charge is -2.45. The number of carbonyl (C=O) groups excluding carboxylic acids is 2. The van der Waals surface area contributed by atoms with Gasteiger partial charge in [-0.15, -0.1) is 0 Å². The van der Waals surface area contributed by atoms with Crippen molar-refractivity contribution in [2.45, 2.75) is 38.1 Å². The Morgan fingerprint density at radius 3 is 2.43 bits per heavy atom. The zero-order chi connectivity index (χ0) is 20.6. The summed E-state index contributed by atoms with van der Waals surface area (Å²) in [4.78, 5) is 24.1. The number of hydrogen-bond acceptors (Lipinski definition) is 6. The monoisotopic (exact) mass is 402 g/mol. The van der Waals surface area contributed by atoms with Crippen molar-refractivity contribution in [3.05, 3.63) is 71.3 Å². The molecule has 0 N–H and O–H groups in total. The zero-order valence-electron chi connectivity index (χ0n) is 16.4. The fourth-order valence-corrected chi connectivity index (χ4v) is 5.12. The van der Waals surface area contributed by atoms with E-state index in [4.69, 9.17) is 18.9 Å². The Morgan fingerprint density at radius 1 is 0.867 bits per heavy atom. The van der Waals surface area contributed by atoms with Gasteiger partial charge in [0.1, 0.15) is 0 Å². The van der Waals surface area contributed by atoms with Gasteiger partial charge < -0.3 is 18.9 Å². The minimum Gasteiger partial charge on any atom is -0.454 e. The Balaban J connectivity index is 1.76. The molecule has 30 heavy (non-hydrogen) atoms. The molecule has 1 spiro atoms. The van der Waals surface area contributed by atoms with Crippen molar-refractivity contribution in [1.82, 2.24) is 0 Å². The lowest BCUT2D eigenvalue weighted by molar-refractivity contribution is -0.206. The van der Waals surface area contributed by atoms with Gasteiger partial charge in [0.2, 0.25) is 11.9 Å². The number of esters is 2. The van der Waals surface area contributed by atoms with E-state index in [1.54, 1.807) is 0 Å². The highest BCUT2D eigenvalue weighted by atomic mass is 16.8. The van der Waals surface area contributed by atoms with Crippen molar-refractivity contribution in [3.63, 3.8) is 0 Å². The molecule has 4 unspecified atom stereocenters. The van der Waals surface area contributed by atoms with E-state index in [1.165, 1.54) is 13.8 Å². The quantitative estimate of drug-likeness (QED) is 0.596. The predicted octanol–water partition coefficient (Wildman–Crippen LogP) is 4.27. The molecule has 0 radical (unpaired) electrons. The number of benzene rings is 3. The molecule has 0 saturated carbocycles. The first-order chi connectivity index (χ1) is 14.5. The second kappa shape index (κ2) is 5.90. The van der Waals surface area contributed by atoms with Gasteiger partial charge in [-0.3, -0.25) is 9.59 Å². The van der Waals surface area contributed by atoms with Crippen molar-refractivity contribution in [2.24, 2.45) is 0 Å². The average molecular weight is 402 g/mol. The summed E-state index contributed by atoms with van der Waals surface area (Å²) in [6, 6.07) is 17.8. The van der Waals surface area contributed by atoms with E-state index in [0.717, 1.165) is 38.6 Å². The molecule has 3 aromatic carbocycles. The molecule has 6 nitrogen and oxygen atoms in total. The summed E-state index contributed by atoms with van der Waals surface area (Å²) in [7, 11) is 0. The third-order valence-electron chi connectivity index (χ3n) is 6.10. The SMILES string of the molecule is CC(=O)OC1OC2OC13c1c(ccc4cccc2c14)-c1ccccc1C3OC(C)=O. The molecule has 3 aliphatic rings. The molecule has 3 aromatic rings. The van der Waals surface area contributed by atoms with Gasteiger partial charge in [-0.25, -0.2) is 0 Å². The molecule has 0 amide bonds. The highest BCUT2D eigenvalue weighted by molar-refractivity contribution is 5.98. The predicted molar refractivity (Wildman–Crippen MR) is 106 cm³/mol. The van der Waals surface area contributed by atoms with E-state index in [-0.39, 0.29) is 0 Å². The highest BCUT2D eigenvalue weighted by Gasteiger charge is 2.66. The number of carbonyl (C=O) groups is 2. The van der Waals surface area contributed by atoms with Crippen LogP contribution < -0.4 is 0 Å². The molecule has 4 atom stereocenters. The maximum atomic E-state index is 12.1. The first kappa shape index (κ1) is 17.6. The Bertz CT molecular complexity index is 1250. The molecule has 6 heteroatoms. The molecule has 150 valence electrons. The standard InChI is InChI=1S/C24H18O6/c1-12(25)27-21-17-8-4-3-7-15(17)16-11-10-14-6-5-9-18-19(14)20(16)24(21)23(28-13(2)26)29-22(18)30-24/h3-11,21-23H,1-2H3. The van der Waals surface area contributed by atoms with E-state index in [9.17, 15) is 9.59 Å². The van der Waals surface area contributed by atoms with Crippen molar-refractivity contribution >= 4 is 22.7 Å². The third kappa shape index (κ3) is 2.10. The van der Waals surface area contributed by atoms with E-state index in [1.807, 2.05) is 48.5 Å². The number of fused-ring (bicyclic) bond motifs is 4. The number of rotatable bonds is 2. The minimum atomic E-state index is -1.29. The maximum Gasteiger partial charge on any atom is 0.305 e. The normalized spacial score (nSPS) is 27.5. The van der Waals surface area contributed by atoms with Crippen LogP contribution in [0.4, 0.5) is 0 Å². The fraction of sp³-hybridized carbons (Fsp3) is 0.250. The second-order valence-corrected chi connectivity index (χ2v) is 7.83. The van der Waals surface area contributed by atoms with Gasteiger partial charge in [-0.2, -0.15) is 0 Å². The largest absolute Gasteiger partial charge is 0.454 e. The van der Waals surface area contributed by atoms with Gasteiger partial charge in [-0.1, -0.05) is 54.6 Å². The van der Waals surface area contributed by atoms with E-state index in [2.05, 4.69) is 6.07 Å². The van der Waals surface area contributed by atoms with Crippen molar-refractivity contribution in [2.75, 3.05) is 0 Å². The molecule has 2 aliphatic heterocycles. The van der Waals surface area contributed by atoms with Crippen LogP contribution >= 0.6 is 0 Å². The van der Waals surface area contributed by atoms with Crippen LogP contribution in [0.1, 0.15) is 42.9 Å². The molecular formula is C24H18O6. The summed E-state index contributed by atoms with van der Waals surface area (Å²) in [5, 5.41) is 2.02. The second-order valence-electron chi connectivity index (χ2n) is 7.83. The summed E-state index contributed by atoms with van der Waals surface area (Å²) in [5.74, 6) is -0.948. The van der Waals surface area contributed by atoms with Crippen LogP contribution in [-0.2, 0) is 34.1 Å². The third-order valence-corrected chi connectivity index (χ3v) is 6.10. The molecule has 1 saturated heterocycles. The van der Waals surface area contributed by atoms with Crippen LogP contribution in [0.25, 0.3) is 21.9 Å². The van der Waals surface area contributed by atoms with Crippen molar-refractivity contribution < 1.29 is 28.5 Å². The van der Waals surface area contributed by atoms with Crippen LogP contribution in [0, 0.1) is 0 Å². The van der Waals surface area contributed by atoms with Crippen LogP contribution in [-0.4, -0.2) is 18.2 Å². The smallest absolute Gasteiger partial charge is 0.305 e. The molecule has 2 heterocycles. The first-order valence-electron chi connectivity index (χ1n) is 9.84. The van der Waals surface area contributed by atoms with Crippen LogP contribution in [0.3, 0.4) is 0 Å². The lowest BCUT2D eigenvalue weighted by atomic mass is 9.70. The van der Waals surface area contributed by atoms with Crippen molar-refractivity contribution in [1.29, 1.82) is 0 Å². The van der Waals surface area contributed by atoms with Gasteiger partial charge >= 0.3 is 11.9 Å². The van der Waals surface area contributed by atoms with Gasteiger partial charge in [-0.05, 0) is 21.9 Å². The van der Waals surface area contributed by atoms with E-state index < -0.39 is 36.2 Å². The maximum absolute atomic E-state index is 12.1. The minimum absolute atomic E-state index is 0.452. The summed E-state index contributed by atoms with van der Waals surface area (Å²) < 4.78 is 24.1. The molecule has 1 fully saturated rings. The Morgan fingerprint density at radius 2 is 1.63 bits per heavy atom. The van der Waals surface area contributed by atoms with E-state index in [0.29, 0.717) is 0 Å². The summed E-state index contributed by atoms with van der Waals surface area (Å²) in [6.07, 6.45) is -2.62.